The summed E-state index contributed by atoms with van der Waals surface area (Å²) in [6.07, 6.45) is -4.25. The zero-order valence-corrected chi connectivity index (χ0v) is 21.7. The van der Waals surface area contributed by atoms with Gasteiger partial charge in [0.1, 0.15) is 0 Å². The van der Waals surface area contributed by atoms with Crippen molar-refractivity contribution in [3.8, 4) is 0 Å². The molecule has 0 spiro atoms. The molecule has 0 amide bonds. The minimum Gasteiger partial charge on any atom is -0.478 e. The van der Waals surface area contributed by atoms with E-state index in [2.05, 4.69) is 28.1 Å². The van der Waals surface area contributed by atoms with Crippen molar-refractivity contribution in [1.82, 2.24) is 4.90 Å². The van der Waals surface area contributed by atoms with Crippen molar-refractivity contribution in [3.63, 3.8) is 0 Å². The largest absolute Gasteiger partial charge is 0.490 e. The fraction of sp³-hybridized carbons (Fsp3) is 0.400. The molecular formula is C25H30ClF3N4O5. The summed E-state index contributed by atoms with van der Waals surface area (Å²) in [7, 11) is 1.68. The van der Waals surface area contributed by atoms with Crippen LogP contribution in [0.25, 0.3) is 0 Å². The van der Waals surface area contributed by atoms with E-state index in [0.29, 0.717) is 13.2 Å². The Morgan fingerprint density at radius 1 is 1.08 bits per heavy atom. The van der Waals surface area contributed by atoms with Crippen LogP contribution in [0, 0.1) is 6.92 Å². The van der Waals surface area contributed by atoms with Gasteiger partial charge in [0.15, 0.2) is 5.96 Å². The van der Waals surface area contributed by atoms with E-state index in [1.165, 1.54) is 11.3 Å². The van der Waals surface area contributed by atoms with Crippen LogP contribution in [0.5, 0.6) is 0 Å². The molecule has 0 saturated carbocycles. The second kappa shape index (κ2) is 14.4. The molecule has 1 aliphatic heterocycles. The molecule has 1 saturated heterocycles. The van der Waals surface area contributed by atoms with Gasteiger partial charge in [-0.1, -0.05) is 17.7 Å². The number of nitrogens with zero attached hydrogens (tertiary/aromatic N) is 3. The fourth-order valence-electron chi connectivity index (χ4n) is 3.52. The number of aryl methyl sites for hydroxylation is 1. The van der Waals surface area contributed by atoms with Crippen LogP contribution in [0.2, 0.25) is 5.02 Å². The number of halogens is 4. The minimum absolute atomic E-state index is 0.259. The summed E-state index contributed by atoms with van der Waals surface area (Å²) in [5.74, 6) is -2.90. The van der Waals surface area contributed by atoms with Gasteiger partial charge in [0, 0.05) is 62.8 Å². The van der Waals surface area contributed by atoms with Crippen LogP contribution in [0.3, 0.4) is 0 Å². The third kappa shape index (κ3) is 9.75. The summed E-state index contributed by atoms with van der Waals surface area (Å²) < 4.78 is 36.9. The molecule has 9 nitrogen and oxygen atoms in total. The minimum atomic E-state index is -5.08. The lowest BCUT2D eigenvalue weighted by atomic mass is 10.1. The van der Waals surface area contributed by atoms with Crippen molar-refractivity contribution in [2.24, 2.45) is 4.99 Å². The monoisotopic (exact) mass is 558 g/mol. The molecule has 38 heavy (non-hydrogen) atoms. The molecule has 3 rings (SSSR count). The highest BCUT2D eigenvalue weighted by Gasteiger charge is 2.38. The maximum atomic E-state index is 11.1. The molecule has 1 heterocycles. The number of rotatable bonds is 7. The van der Waals surface area contributed by atoms with Crippen molar-refractivity contribution in [1.29, 1.82) is 0 Å². The van der Waals surface area contributed by atoms with Gasteiger partial charge in [-0.25, -0.2) is 9.59 Å². The van der Waals surface area contributed by atoms with Gasteiger partial charge in [-0.05, 0) is 55.3 Å². The Balaban J connectivity index is 0.000000638. The van der Waals surface area contributed by atoms with E-state index >= 15 is 0 Å². The van der Waals surface area contributed by atoms with Crippen LogP contribution < -0.4 is 10.2 Å². The Hall–Kier alpha value is -3.51. The number of aromatic carboxylic acids is 1. The van der Waals surface area contributed by atoms with Gasteiger partial charge in [-0.15, -0.1) is 0 Å². The van der Waals surface area contributed by atoms with Gasteiger partial charge in [-0.3, -0.25) is 4.99 Å². The van der Waals surface area contributed by atoms with Crippen LogP contribution in [0.1, 0.15) is 22.3 Å². The first kappa shape index (κ1) is 30.7. The quantitative estimate of drug-likeness (QED) is 0.256. The number of ether oxygens (including phenoxy) is 1. The number of nitrogens with one attached hydrogen (secondary N) is 1. The second-order valence-corrected chi connectivity index (χ2v) is 8.70. The Labute approximate surface area is 223 Å². The molecule has 1 fully saturated rings. The molecule has 3 N–H and O–H groups in total. The van der Waals surface area contributed by atoms with Crippen LogP contribution in [-0.2, 0) is 9.53 Å². The van der Waals surface area contributed by atoms with Gasteiger partial charge in [0.05, 0.1) is 5.56 Å². The zero-order chi connectivity index (χ0) is 28.3. The number of hydrogen-bond acceptors (Lipinski definition) is 5. The number of piperazine rings is 1. The Morgan fingerprint density at radius 3 is 2.21 bits per heavy atom. The SMILES string of the molecule is COCCCN=C(Nc1ccc(C(=O)O)cc1)N1CCN(c2cc(Cl)ccc2C)CC1.O=C(O)C(F)(F)F. The number of carboxylic acid groups (broad SMARTS) is 2. The van der Waals surface area contributed by atoms with E-state index in [1.807, 2.05) is 12.1 Å². The average molecular weight is 559 g/mol. The summed E-state index contributed by atoms with van der Waals surface area (Å²) in [6, 6.07) is 12.7. The standard InChI is InChI=1S/C23H29ClN4O3.C2HF3O2/c1-17-4-7-19(24)16-21(17)27-11-13-28(14-12-27)23(25-10-3-15-31-2)26-20-8-5-18(6-9-20)22(29)30;3-2(4,5)1(6)7/h4-9,16H,3,10-15H2,1-2H3,(H,25,26)(H,29,30);(H,6,7). The Kier molecular flexibility index (Phi) is 11.7. The van der Waals surface area contributed by atoms with Gasteiger partial charge in [0.25, 0.3) is 0 Å². The maximum Gasteiger partial charge on any atom is 0.490 e. The predicted molar refractivity (Wildman–Crippen MR) is 139 cm³/mol. The summed E-state index contributed by atoms with van der Waals surface area (Å²) >= 11 is 6.21. The Morgan fingerprint density at radius 2 is 1.68 bits per heavy atom. The number of anilines is 2. The van der Waals surface area contributed by atoms with E-state index in [0.717, 1.165) is 49.3 Å². The summed E-state index contributed by atoms with van der Waals surface area (Å²) in [6.45, 7) is 6.76. The van der Waals surface area contributed by atoms with Crippen molar-refractivity contribution in [2.45, 2.75) is 19.5 Å². The number of carbonyl (C=O) groups is 2. The molecule has 2 aromatic carbocycles. The molecule has 2 aromatic rings. The predicted octanol–water partition coefficient (Wildman–Crippen LogP) is 4.61. The molecular weight excluding hydrogens is 529 g/mol. The van der Waals surface area contributed by atoms with Crippen LogP contribution in [-0.4, -0.2) is 85.6 Å². The number of alkyl halides is 3. The van der Waals surface area contributed by atoms with Gasteiger partial charge in [-0.2, -0.15) is 13.2 Å². The van der Waals surface area contributed by atoms with Crippen molar-refractivity contribution >= 4 is 40.9 Å². The maximum absolute atomic E-state index is 11.1. The highest BCUT2D eigenvalue weighted by molar-refractivity contribution is 6.30. The second-order valence-electron chi connectivity index (χ2n) is 8.27. The first-order valence-corrected chi connectivity index (χ1v) is 12.0. The molecule has 208 valence electrons. The number of benzene rings is 2. The molecule has 0 unspecified atom stereocenters. The zero-order valence-electron chi connectivity index (χ0n) is 21.0. The average Bonchev–Trinajstić information content (AvgIpc) is 2.87. The summed E-state index contributed by atoms with van der Waals surface area (Å²) in [5, 5.41) is 20.3. The lowest BCUT2D eigenvalue weighted by molar-refractivity contribution is -0.192. The molecule has 1 aliphatic rings. The third-order valence-corrected chi connectivity index (χ3v) is 5.72. The number of carboxylic acids is 2. The van der Waals surface area contributed by atoms with E-state index in [4.69, 9.17) is 36.3 Å². The summed E-state index contributed by atoms with van der Waals surface area (Å²) in [5.41, 5.74) is 3.45. The number of guanidine groups is 1. The van der Waals surface area contributed by atoms with Crippen molar-refractivity contribution in [3.05, 3.63) is 58.6 Å². The first-order valence-electron chi connectivity index (χ1n) is 11.6. The van der Waals surface area contributed by atoms with Crippen LogP contribution >= 0.6 is 11.6 Å². The highest BCUT2D eigenvalue weighted by Crippen LogP contribution is 2.25. The van der Waals surface area contributed by atoms with Crippen molar-refractivity contribution in [2.75, 3.05) is 56.7 Å². The topological polar surface area (TPSA) is 115 Å². The van der Waals surface area contributed by atoms with Gasteiger partial charge < -0.3 is 30.1 Å². The number of aliphatic imine (C=N–C) groups is 1. The van der Waals surface area contributed by atoms with Crippen LogP contribution in [0.15, 0.2) is 47.5 Å². The first-order chi connectivity index (χ1) is 17.9. The molecule has 0 atom stereocenters. The third-order valence-electron chi connectivity index (χ3n) is 5.49. The van der Waals surface area contributed by atoms with E-state index in [1.54, 1.807) is 31.4 Å². The van der Waals surface area contributed by atoms with Gasteiger partial charge in [0.2, 0.25) is 0 Å². The molecule has 0 radical (unpaired) electrons. The molecule has 13 heteroatoms. The van der Waals surface area contributed by atoms with E-state index in [-0.39, 0.29) is 5.56 Å². The molecule has 0 bridgehead atoms. The molecule has 0 aliphatic carbocycles. The van der Waals surface area contributed by atoms with Gasteiger partial charge >= 0.3 is 18.1 Å². The lowest BCUT2D eigenvalue weighted by Crippen LogP contribution is -2.51. The highest BCUT2D eigenvalue weighted by atomic mass is 35.5. The fourth-order valence-corrected chi connectivity index (χ4v) is 3.69. The molecule has 0 aromatic heterocycles. The van der Waals surface area contributed by atoms with E-state index in [9.17, 15) is 18.0 Å². The van der Waals surface area contributed by atoms with Crippen LogP contribution in [0.4, 0.5) is 24.5 Å². The normalized spacial score (nSPS) is 14.0. The summed E-state index contributed by atoms with van der Waals surface area (Å²) in [4.78, 5) is 29.3. The number of aliphatic carboxylic acids is 1. The lowest BCUT2D eigenvalue weighted by Gasteiger charge is -2.38. The number of hydrogen-bond donors (Lipinski definition) is 3. The smallest absolute Gasteiger partial charge is 0.478 e. The Bertz CT molecular complexity index is 1110. The number of methoxy groups -OCH3 is 1. The van der Waals surface area contributed by atoms with E-state index < -0.39 is 18.1 Å². The van der Waals surface area contributed by atoms with Crippen molar-refractivity contribution < 1.29 is 37.7 Å².